The van der Waals surface area contributed by atoms with E-state index in [2.05, 4.69) is 49.1 Å². The van der Waals surface area contributed by atoms with Crippen LogP contribution in [0.2, 0.25) is 18.1 Å². The minimum Gasteiger partial charge on any atom is -0.481 e. The summed E-state index contributed by atoms with van der Waals surface area (Å²) in [4.78, 5) is 35.2. The number of methoxy groups -OCH3 is 1. The van der Waals surface area contributed by atoms with E-state index in [1.807, 2.05) is 52.0 Å². The van der Waals surface area contributed by atoms with Crippen LogP contribution in [0.15, 0.2) is 30.5 Å². The van der Waals surface area contributed by atoms with Gasteiger partial charge in [0.05, 0.1) is 42.8 Å². The molecule has 3 atom stereocenters. The first-order chi connectivity index (χ1) is 19.5. The number of hydrogen-bond donors (Lipinski definition) is 1. The van der Waals surface area contributed by atoms with Crippen LogP contribution in [0.25, 0.3) is 17.1 Å². The van der Waals surface area contributed by atoms with Gasteiger partial charge in [-0.05, 0) is 70.8 Å². The highest BCUT2D eigenvalue weighted by Crippen LogP contribution is 2.37. The number of aromatic nitrogens is 2. The molecule has 3 heterocycles. The van der Waals surface area contributed by atoms with Crippen LogP contribution in [0.4, 0.5) is 4.79 Å². The summed E-state index contributed by atoms with van der Waals surface area (Å²) in [5, 5.41) is 4.35. The van der Waals surface area contributed by atoms with Crippen LogP contribution in [0, 0.1) is 0 Å². The standard InChI is InChI=1S/C31H48N4O6Si/c1-11-35(41-42(9,10)31(5,6)7)27(36)20-25-23(33-29(37)40-30(2,3)4)15-14-22(39-25)13-12-21-18-19-32-24-16-17-26(38-8)34-28(21)24/h12-13,16-19,22-23,25H,11,14-15,20H2,1-10H3,(H,33,37)/t22-,23-,25-/m1/s1. The maximum absolute atomic E-state index is 13.6. The van der Waals surface area contributed by atoms with Crippen LogP contribution in [-0.4, -0.2) is 72.9 Å². The van der Waals surface area contributed by atoms with Crippen LogP contribution in [0.5, 0.6) is 5.88 Å². The molecular weight excluding hydrogens is 552 g/mol. The fourth-order valence-corrected chi connectivity index (χ4v) is 5.39. The van der Waals surface area contributed by atoms with E-state index in [0.29, 0.717) is 25.3 Å². The van der Waals surface area contributed by atoms with Gasteiger partial charge in [-0.25, -0.2) is 14.8 Å². The number of ether oxygens (including phenoxy) is 3. The summed E-state index contributed by atoms with van der Waals surface area (Å²) in [6.07, 6.45) is 5.62. The topological polar surface area (TPSA) is 112 Å². The van der Waals surface area contributed by atoms with Crippen molar-refractivity contribution in [3.8, 4) is 5.88 Å². The molecule has 2 aromatic rings. The zero-order chi connectivity index (χ0) is 31.3. The highest BCUT2D eigenvalue weighted by Gasteiger charge is 2.41. The van der Waals surface area contributed by atoms with Gasteiger partial charge in [0.2, 0.25) is 20.1 Å². The van der Waals surface area contributed by atoms with Gasteiger partial charge in [-0.3, -0.25) is 9.78 Å². The molecule has 0 bridgehead atoms. The van der Waals surface area contributed by atoms with E-state index in [1.165, 1.54) is 5.06 Å². The van der Waals surface area contributed by atoms with Crippen molar-refractivity contribution in [2.45, 2.75) is 110 Å². The normalized spacial score (nSPS) is 20.0. The highest BCUT2D eigenvalue weighted by molar-refractivity contribution is 6.74. The summed E-state index contributed by atoms with van der Waals surface area (Å²) < 4.78 is 23.6. The third-order valence-electron chi connectivity index (χ3n) is 7.64. The van der Waals surface area contributed by atoms with E-state index in [1.54, 1.807) is 19.4 Å². The summed E-state index contributed by atoms with van der Waals surface area (Å²) in [6, 6.07) is 5.14. The van der Waals surface area contributed by atoms with E-state index in [4.69, 9.17) is 18.7 Å². The van der Waals surface area contributed by atoms with Crippen LogP contribution in [0.1, 0.15) is 73.3 Å². The number of hydrogen-bond acceptors (Lipinski definition) is 8. The number of fused-ring (bicyclic) bond motifs is 1. The van der Waals surface area contributed by atoms with Gasteiger partial charge in [0, 0.05) is 24.4 Å². The molecule has 10 nitrogen and oxygen atoms in total. The average molecular weight is 601 g/mol. The Bertz CT molecular complexity index is 1270. The largest absolute Gasteiger partial charge is 0.481 e. The smallest absolute Gasteiger partial charge is 0.407 e. The van der Waals surface area contributed by atoms with Gasteiger partial charge < -0.3 is 24.1 Å². The molecule has 1 aliphatic heterocycles. The fraction of sp³-hybridized carbons (Fsp3) is 0.613. The SMILES string of the molecule is CCN(O[Si](C)(C)C(C)(C)C)C(=O)C[C@H]1O[C@H](C=Cc2ccnc3ccc(OC)nc23)CC[C@H]1NC(=O)OC(C)(C)C. The van der Waals surface area contributed by atoms with Gasteiger partial charge in [0.25, 0.3) is 0 Å². The first kappa shape index (κ1) is 33.5. The second-order valence-corrected chi connectivity index (χ2v) is 17.9. The Hall–Kier alpha value is -3.02. The third-order valence-corrected chi connectivity index (χ3v) is 11.9. The molecule has 1 saturated heterocycles. The quantitative estimate of drug-likeness (QED) is 0.265. The van der Waals surface area contributed by atoms with Crippen molar-refractivity contribution >= 4 is 37.4 Å². The number of amides is 2. The summed E-state index contributed by atoms with van der Waals surface area (Å²) >= 11 is 0. The lowest BCUT2D eigenvalue weighted by molar-refractivity contribution is -0.165. The maximum atomic E-state index is 13.6. The van der Waals surface area contributed by atoms with Crippen LogP contribution >= 0.6 is 0 Å². The molecule has 232 valence electrons. The molecule has 0 aromatic carbocycles. The van der Waals surface area contributed by atoms with E-state index in [-0.39, 0.29) is 23.5 Å². The second-order valence-electron chi connectivity index (χ2n) is 13.2. The van der Waals surface area contributed by atoms with Crippen molar-refractivity contribution in [3.05, 3.63) is 36.0 Å². The summed E-state index contributed by atoms with van der Waals surface area (Å²) in [7, 11) is -0.658. The molecule has 0 spiro atoms. The van der Waals surface area contributed by atoms with E-state index in [9.17, 15) is 9.59 Å². The molecule has 1 fully saturated rings. The van der Waals surface area contributed by atoms with Crippen molar-refractivity contribution in [3.63, 3.8) is 0 Å². The number of nitrogens with one attached hydrogen (secondary N) is 1. The van der Waals surface area contributed by atoms with E-state index in [0.717, 1.165) is 16.6 Å². The predicted octanol–water partition coefficient (Wildman–Crippen LogP) is 6.27. The lowest BCUT2D eigenvalue weighted by Crippen LogP contribution is -2.53. The molecule has 42 heavy (non-hydrogen) atoms. The first-order valence-corrected chi connectivity index (χ1v) is 17.6. The lowest BCUT2D eigenvalue weighted by atomic mass is 9.95. The Labute approximate surface area is 251 Å². The minimum absolute atomic E-state index is 0.0597. The Morgan fingerprint density at radius 1 is 1.14 bits per heavy atom. The summed E-state index contributed by atoms with van der Waals surface area (Å²) in [5.41, 5.74) is 1.72. The number of alkyl carbamates (subject to hydrolysis) is 1. The Morgan fingerprint density at radius 3 is 2.48 bits per heavy atom. The Morgan fingerprint density at radius 2 is 1.86 bits per heavy atom. The lowest BCUT2D eigenvalue weighted by Gasteiger charge is -2.40. The number of carbonyl (C=O) groups excluding carboxylic acids is 2. The number of carbonyl (C=O) groups is 2. The number of pyridine rings is 2. The second kappa shape index (κ2) is 13.5. The average Bonchev–Trinajstić information content (AvgIpc) is 2.89. The first-order valence-electron chi connectivity index (χ1n) is 14.7. The van der Waals surface area contributed by atoms with E-state index >= 15 is 0 Å². The third kappa shape index (κ3) is 8.99. The van der Waals surface area contributed by atoms with Crippen molar-refractivity contribution in [1.29, 1.82) is 0 Å². The number of nitrogens with zero attached hydrogens (tertiary/aromatic N) is 3. The molecule has 0 saturated carbocycles. The monoisotopic (exact) mass is 600 g/mol. The van der Waals surface area contributed by atoms with Gasteiger partial charge in [0.15, 0.2) is 0 Å². The van der Waals surface area contributed by atoms with Crippen LogP contribution in [0.3, 0.4) is 0 Å². The van der Waals surface area contributed by atoms with Crippen LogP contribution < -0.4 is 10.1 Å². The molecule has 3 rings (SSSR count). The zero-order valence-electron chi connectivity index (χ0n) is 26.8. The molecule has 0 aliphatic carbocycles. The Balaban J connectivity index is 1.81. The van der Waals surface area contributed by atoms with E-state index < -0.39 is 32.2 Å². The van der Waals surface area contributed by atoms with Gasteiger partial charge in [0.1, 0.15) is 5.60 Å². The predicted molar refractivity (Wildman–Crippen MR) is 166 cm³/mol. The maximum Gasteiger partial charge on any atom is 0.407 e. The highest BCUT2D eigenvalue weighted by atomic mass is 28.4. The summed E-state index contributed by atoms with van der Waals surface area (Å²) in [5.74, 6) is 0.332. The number of hydroxylamine groups is 2. The summed E-state index contributed by atoms with van der Waals surface area (Å²) in [6.45, 7) is 18.4. The molecule has 11 heteroatoms. The molecule has 2 aromatic heterocycles. The molecule has 1 N–H and O–H groups in total. The molecular formula is C31H48N4O6Si. The number of rotatable bonds is 9. The van der Waals surface area contributed by atoms with Crippen LogP contribution in [-0.2, 0) is 18.8 Å². The van der Waals surface area contributed by atoms with Crippen molar-refractivity contribution < 1.29 is 28.3 Å². The molecule has 1 aliphatic rings. The minimum atomic E-state index is -2.24. The van der Waals surface area contributed by atoms with Gasteiger partial charge in [-0.2, -0.15) is 0 Å². The molecule has 2 amide bonds. The van der Waals surface area contributed by atoms with Gasteiger partial charge in [-0.15, -0.1) is 0 Å². The fourth-order valence-electron chi connectivity index (χ4n) is 4.34. The van der Waals surface area contributed by atoms with Gasteiger partial charge in [-0.1, -0.05) is 32.9 Å². The van der Waals surface area contributed by atoms with Crippen molar-refractivity contribution in [1.82, 2.24) is 20.3 Å². The Kier molecular flexibility index (Phi) is 10.8. The van der Waals surface area contributed by atoms with Gasteiger partial charge >= 0.3 is 6.09 Å². The molecule has 0 unspecified atom stereocenters. The van der Waals surface area contributed by atoms with Crippen molar-refractivity contribution in [2.75, 3.05) is 13.7 Å². The van der Waals surface area contributed by atoms with Crippen molar-refractivity contribution in [2.24, 2.45) is 0 Å². The molecule has 0 radical (unpaired) electrons. The zero-order valence-corrected chi connectivity index (χ0v) is 27.8.